The number of carbonyl (C=O) groups is 1. The van der Waals surface area contributed by atoms with Crippen molar-refractivity contribution in [2.45, 2.75) is 84.6 Å². The fourth-order valence-corrected chi connectivity index (χ4v) is 5.47. The van der Waals surface area contributed by atoms with Crippen molar-refractivity contribution in [2.75, 3.05) is 42.9 Å². The van der Waals surface area contributed by atoms with E-state index in [1.165, 1.54) is 18.4 Å². The molecule has 5 rings (SSSR count). The lowest BCUT2D eigenvalue weighted by Gasteiger charge is -2.40. The molecule has 3 atom stereocenters. The molecule has 2 aromatic rings. The number of carbonyl (C=O) groups excluding carboxylic acids is 1. The highest BCUT2D eigenvalue weighted by atomic mass is 16.6. The Morgan fingerprint density at radius 1 is 1.15 bits per heavy atom. The van der Waals surface area contributed by atoms with Gasteiger partial charge in [0.2, 0.25) is 12.4 Å². The average Bonchev–Trinajstić information content (AvgIpc) is 3.75. The van der Waals surface area contributed by atoms with Crippen LogP contribution in [0.3, 0.4) is 0 Å². The van der Waals surface area contributed by atoms with Crippen LogP contribution in [0.15, 0.2) is 30.5 Å². The number of hydrogen-bond donors (Lipinski definition) is 2. The predicted octanol–water partition coefficient (Wildman–Crippen LogP) is 4.68. The molecule has 0 spiro atoms. The van der Waals surface area contributed by atoms with E-state index in [9.17, 15) is 9.90 Å². The molecule has 0 bridgehead atoms. The second-order valence-electron chi connectivity index (χ2n) is 12.2. The Balaban J connectivity index is 1.23. The summed E-state index contributed by atoms with van der Waals surface area (Å²) in [6.07, 6.45) is 4.34. The van der Waals surface area contributed by atoms with Gasteiger partial charge in [-0.05, 0) is 58.1 Å². The number of nitrogens with one attached hydrogen (secondary N) is 1. The number of rotatable bonds is 8. The number of hydrogen-bond acceptors (Lipinski definition) is 9. The second-order valence-corrected chi connectivity index (χ2v) is 12.2. The molecule has 1 aliphatic carbocycles. The highest BCUT2D eigenvalue weighted by molar-refractivity contribution is 5.68. The third-order valence-electron chi connectivity index (χ3n) is 7.94. The molecular weight excluding hydrogens is 508 g/mol. The Labute approximate surface area is 237 Å². The Morgan fingerprint density at radius 3 is 2.45 bits per heavy atom. The summed E-state index contributed by atoms with van der Waals surface area (Å²) in [7, 11) is 0. The summed E-state index contributed by atoms with van der Waals surface area (Å²) in [6, 6.07) is 9.24. The first kappa shape index (κ1) is 28.6. The second kappa shape index (κ2) is 11.9. The highest BCUT2D eigenvalue weighted by Crippen LogP contribution is 2.40. The third kappa shape index (κ3) is 6.85. The quantitative estimate of drug-likeness (QED) is 0.483. The lowest BCUT2D eigenvalue weighted by Crippen LogP contribution is -2.50. The van der Waals surface area contributed by atoms with Gasteiger partial charge in [0.15, 0.2) is 0 Å². The van der Waals surface area contributed by atoms with Crippen LogP contribution in [0.5, 0.6) is 0 Å². The van der Waals surface area contributed by atoms with Crippen LogP contribution in [-0.2, 0) is 16.1 Å². The Kier molecular flexibility index (Phi) is 8.49. The molecule has 218 valence electrons. The molecule has 10 heteroatoms. The molecular formula is C30H44N6O4. The Morgan fingerprint density at radius 2 is 1.82 bits per heavy atom. The maximum Gasteiger partial charge on any atom is 0.410 e. The van der Waals surface area contributed by atoms with Gasteiger partial charge in [0, 0.05) is 50.5 Å². The SMILES string of the molecule is CCN1c2nc(N[C@@H](C)c3ccc([C@@H](CC4CC4)N4CCN(C(=O)OC(C)(C)C)CC4)cc3)ncc2COC1O. The fraction of sp³-hybridized carbons (Fsp3) is 0.633. The van der Waals surface area contributed by atoms with Crippen molar-refractivity contribution in [1.82, 2.24) is 19.8 Å². The molecule has 1 unspecified atom stereocenters. The number of piperazine rings is 1. The summed E-state index contributed by atoms with van der Waals surface area (Å²) in [5.41, 5.74) is 2.87. The number of fused-ring (bicyclic) bond motifs is 1. The summed E-state index contributed by atoms with van der Waals surface area (Å²) >= 11 is 0. The van der Waals surface area contributed by atoms with Gasteiger partial charge in [0.25, 0.3) is 0 Å². The maximum absolute atomic E-state index is 12.5. The third-order valence-corrected chi connectivity index (χ3v) is 7.94. The number of nitrogens with zero attached hydrogens (tertiary/aromatic N) is 5. The minimum Gasteiger partial charge on any atom is -0.444 e. The van der Waals surface area contributed by atoms with E-state index < -0.39 is 12.0 Å². The molecule has 1 amide bonds. The molecule has 3 aliphatic rings. The number of aliphatic hydroxyl groups excluding tert-OH is 1. The van der Waals surface area contributed by atoms with Crippen LogP contribution in [0.1, 0.15) is 82.7 Å². The topological polar surface area (TPSA) is 103 Å². The molecule has 1 aromatic heterocycles. The Hall–Kier alpha value is -2.95. The molecule has 1 aromatic carbocycles. The van der Waals surface area contributed by atoms with Gasteiger partial charge in [-0.1, -0.05) is 37.1 Å². The van der Waals surface area contributed by atoms with Gasteiger partial charge in [-0.3, -0.25) is 4.90 Å². The van der Waals surface area contributed by atoms with Crippen molar-refractivity contribution in [1.29, 1.82) is 0 Å². The monoisotopic (exact) mass is 552 g/mol. The van der Waals surface area contributed by atoms with Crippen molar-refractivity contribution >= 4 is 17.9 Å². The van der Waals surface area contributed by atoms with Crippen molar-refractivity contribution in [3.05, 3.63) is 47.2 Å². The van der Waals surface area contributed by atoms with Crippen LogP contribution < -0.4 is 10.2 Å². The zero-order valence-corrected chi connectivity index (χ0v) is 24.5. The van der Waals surface area contributed by atoms with E-state index in [1.54, 1.807) is 11.1 Å². The normalized spacial score (nSPS) is 21.5. The van der Waals surface area contributed by atoms with Gasteiger partial charge in [-0.15, -0.1) is 0 Å². The number of ether oxygens (including phenoxy) is 2. The van der Waals surface area contributed by atoms with E-state index in [1.807, 2.05) is 32.6 Å². The molecule has 3 heterocycles. The minimum atomic E-state index is -0.992. The summed E-state index contributed by atoms with van der Waals surface area (Å²) in [6.45, 7) is 13.7. The van der Waals surface area contributed by atoms with Crippen molar-refractivity contribution < 1.29 is 19.4 Å². The fourth-order valence-electron chi connectivity index (χ4n) is 5.47. The van der Waals surface area contributed by atoms with Gasteiger partial charge in [0.05, 0.1) is 12.6 Å². The van der Waals surface area contributed by atoms with E-state index in [0.717, 1.165) is 36.6 Å². The van der Waals surface area contributed by atoms with E-state index in [2.05, 4.69) is 51.4 Å². The smallest absolute Gasteiger partial charge is 0.410 e. The summed E-state index contributed by atoms with van der Waals surface area (Å²) in [5.74, 6) is 2.02. The molecule has 0 radical (unpaired) electrons. The zero-order valence-electron chi connectivity index (χ0n) is 24.5. The van der Waals surface area contributed by atoms with Crippen LogP contribution in [0.25, 0.3) is 0 Å². The Bertz CT molecular complexity index is 1160. The van der Waals surface area contributed by atoms with Crippen LogP contribution in [-0.4, -0.2) is 75.7 Å². The lowest BCUT2D eigenvalue weighted by molar-refractivity contribution is -0.115. The molecule has 2 fully saturated rings. The molecule has 2 aliphatic heterocycles. The first-order chi connectivity index (χ1) is 19.1. The van der Waals surface area contributed by atoms with Crippen LogP contribution in [0, 0.1) is 5.92 Å². The summed E-state index contributed by atoms with van der Waals surface area (Å²) in [4.78, 5) is 27.8. The first-order valence-corrected chi connectivity index (χ1v) is 14.6. The van der Waals surface area contributed by atoms with Crippen molar-refractivity contribution in [3.8, 4) is 0 Å². The van der Waals surface area contributed by atoms with E-state index in [4.69, 9.17) is 9.47 Å². The van der Waals surface area contributed by atoms with Gasteiger partial charge in [-0.2, -0.15) is 4.98 Å². The minimum absolute atomic E-state index is 0.00574. The van der Waals surface area contributed by atoms with Crippen LogP contribution >= 0.6 is 0 Å². The molecule has 1 saturated carbocycles. The van der Waals surface area contributed by atoms with Gasteiger partial charge in [-0.25, -0.2) is 9.78 Å². The van der Waals surface area contributed by atoms with Gasteiger partial charge >= 0.3 is 6.09 Å². The van der Waals surface area contributed by atoms with Gasteiger partial charge < -0.3 is 29.7 Å². The van der Waals surface area contributed by atoms with Crippen molar-refractivity contribution in [2.24, 2.45) is 5.92 Å². The number of aromatic nitrogens is 2. The average molecular weight is 553 g/mol. The number of aliphatic hydroxyl groups is 1. The van der Waals surface area contributed by atoms with E-state index >= 15 is 0 Å². The highest BCUT2D eigenvalue weighted by Gasteiger charge is 2.33. The number of amides is 1. The van der Waals surface area contributed by atoms with Crippen LogP contribution in [0.4, 0.5) is 16.6 Å². The largest absolute Gasteiger partial charge is 0.444 e. The van der Waals surface area contributed by atoms with E-state index in [-0.39, 0.29) is 12.1 Å². The molecule has 10 nitrogen and oxygen atoms in total. The van der Waals surface area contributed by atoms with E-state index in [0.29, 0.717) is 44.0 Å². The molecule has 2 N–H and O–H groups in total. The first-order valence-electron chi connectivity index (χ1n) is 14.6. The summed E-state index contributed by atoms with van der Waals surface area (Å²) < 4.78 is 11.0. The van der Waals surface area contributed by atoms with Crippen LogP contribution in [0.2, 0.25) is 0 Å². The summed E-state index contributed by atoms with van der Waals surface area (Å²) in [5, 5.41) is 13.6. The lowest BCUT2D eigenvalue weighted by atomic mass is 9.96. The molecule has 40 heavy (non-hydrogen) atoms. The standard InChI is InChI=1S/C30H44N6O4/c1-6-36-26-24(19-39-29(36)38)18-31-27(33-26)32-20(2)22-9-11-23(12-10-22)25(17-21-7-8-21)34-13-15-35(16-14-34)28(37)40-30(3,4)5/h9-12,18,20-21,25,29,38H,6-8,13-17,19H2,1-5H3,(H,31,32,33)/t20-,25+,29?/m0/s1. The number of benzene rings is 1. The van der Waals surface area contributed by atoms with Crippen molar-refractivity contribution in [3.63, 3.8) is 0 Å². The van der Waals surface area contributed by atoms with Gasteiger partial charge in [0.1, 0.15) is 11.4 Å². The maximum atomic E-state index is 12.5. The zero-order chi connectivity index (χ0) is 28.4. The predicted molar refractivity (Wildman–Crippen MR) is 154 cm³/mol. The molecule has 1 saturated heterocycles. The number of anilines is 2.